The molecule has 1 aromatic rings. The molecule has 1 aromatic carbocycles. The second-order valence-corrected chi connectivity index (χ2v) is 3.49. The van der Waals surface area contributed by atoms with E-state index < -0.39 is 16.8 Å². The molecule has 0 saturated heterocycles. The van der Waals surface area contributed by atoms with E-state index in [1.807, 2.05) is 0 Å². The third kappa shape index (κ3) is 3.87. The van der Waals surface area contributed by atoms with Crippen molar-refractivity contribution in [2.24, 2.45) is 0 Å². The van der Waals surface area contributed by atoms with Crippen LogP contribution in [-0.4, -0.2) is 21.9 Å². The summed E-state index contributed by atoms with van der Waals surface area (Å²) >= 11 is 5.58. The second-order valence-electron chi connectivity index (χ2n) is 3.08. The van der Waals surface area contributed by atoms with E-state index in [4.69, 9.17) is 16.7 Å². The number of halogens is 1. The number of carbonyl (C=O) groups excluding carboxylic acids is 1. The first-order valence-corrected chi connectivity index (χ1v) is 4.94. The summed E-state index contributed by atoms with van der Waals surface area (Å²) in [5.74, 6) is -1.98. The highest BCUT2D eigenvalue weighted by molar-refractivity contribution is 6.32. The van der Waals surface area contributed by atoms with Gasteiger partial charge in [0.1, 0.15) is 5.02 Å². The number of carboxylic acids is 1. The Morgan fingerprint density at radius 1 is 1.39 bits per heavy atom. The third-order valence-corrected chi connectivity index (χ3v) is 2.11. The van der Waals surface area contributed by atoms with Crippen LogP contribution < -0.4 is 5.32 Å². The Balaban J connectivity index is 2.86. The van der Waals surface area contributed by atoms with E-state index in [-0.39, 0.29) is 16.4 Å². The van der Waals surface area contributed by atoms with Crippen molar-refractivity contribution in [3.8, 4) is 0 Å². The maximum atomic E-state index is 11.2. The Morgan fingerprint density at radius 3 is 2.61 bits per heavy atom. The normalized spacial score (nSPS) is 10.3. The molecular formula is C10H7ClN2O5. The van der Waals surface area contributed by atoms with Gasteiger partial charge in [-0.25, -0.2) is 4.79 Å². The van der Waals surface area contributed by atoms with Gasteiger partial charge < -0.3 is 10.4 Å². The molecule has 0 bridgehead atoms. The van der Waals surface area contributed by atoms with E-state index in [0.29, 0.717) is 6.08 Å². The van der Waals surface area contributed by atoms with Gasteiger partial charge in [-0.3, -0.25) is 14.9 Å². The zero-order valence-electron chi connectivity index (χ0n) is 8.79. The minimum absolute atomic E-state index is 0.0564. The smallest absolute Gasteiger partial charge is 0.328 e. The summed E-state index contributed by atoms with van der Waals surface area (Å²) in [7, 11) is 0. The van der Waals surface area contributed by atoms with Crippen molar-refractivity contribution in [3.63, 3.8) is 0 Å². The van der Waals surface area contributed by atoms with E-state index in [0.717, 1.165) is 12.1 Å². The number of amides is 1. The number of carbonyl (C=O) groups is 2. The van der Waals surface area contributed by atoms with E-state index in [2.05, 4.69) is 5.32 Å². The monoisotopic (exact) mass is 270 g/mol. The van der Waals surface area contributed by atoms with Gasteiger partial charge in [-0.1, -0.05) is 11.6 Å². The third-order valence-electron chi connectivity index (χ3n) is 1.79. The average molecular weight is 271 g/mol. The number of nitrogens with zero attached hydrogens (tertiary/aromatic N) is 1. The van der Waals surface area contributed by atoms with Gasteiger partial charge in [0.05, 0.1) is 4.92 Å². The maximum absolute atomic E-state index is 11.2. The maximum Gasteiger partial charge on any atom is 0.328 e. The van der Waals surface area contributed by atoms with Gasteiger partial charge in [-0.05, 0) is 12.1 Å². The van der Waals surface area contributed by atoms with Crippen LogP contribution in [0.5, 0.6) is 0 Å². The molecule has 0 aliphatic rings. The number of rotatable bonds is 4. The highest BCUT2D eigenvalue weighted by Crippen LogP contribution is 2.27. The summed E-state index contributed by atoms with van der Waals surface area (Å²) < 4.78 is 0. The number of hydrogen-bond donors (Lipinski definition) is 2. The summed E-state index contributed by atoms with van der Waals surface area (Å²) in [6, 6.07) is 3.70. The fourth-order valence-electron chi connectivity index (χ4n) is 1.06. The lowest BCUT2D eigenvalue weighted by molar-refractivity contribution is -0.384. The molecule has 0 radical (unpaired) electrons. The lowest BCUT2D eigenvalue weighted by atomic mass is 10.2. The van der Waals surface area contributed by atoms with E-state index >= 15 is 0 Å². The Kier molecular flexibility index (Phi) is 4.39. The minimum atomic E-state index is -1.27. The molecule has 0 aromatic heterocycles. The van der Waals surface area contributed by atoms with Crippen molar-refractivity contribution in [2.45, 2.75) is 0 Å². The number of aliphatic carboxylic acids is 1. The molecule has 0 aliphatic carbocycles. The van der Waals surface area contributed by atoms with Gasteiger partial charge in [-0.2, -0.15) is 0 Å². The predicted octanol–water partition coefficient (Wildman–Crippen LogP) is 1.83. The van der Waals surface area contributed by atoms with Crippen LogP contribution >= 0.6 is 11.6 Å². The van der Waals surface area contributed by atoms with Crippen LogP contribution in [0, 0.1) is 10.1 Å². The number of anilines is 1. The van der Waals surface area contributed by atoms with Crippen molar-refractivity contribution < 1.29 is 19.6 Å². The molecule has 7 nitrogen and oxygen atoms in total. The van der Waals surface area contributed by atoms with E-state index in [1.54, 1.807) is 0 Å². The predicted molar refractivity (Wildman–Crippen MR) is 63.5 cm³/mol. The van der Waals surface area contributed by atoms with Crippen molar-refractivity contribution in [2.75, 3.05) is 5.32 Å². The number of hydrogen-bond acceptors (Lipinski definition) is 4. The molecule has 8 heteroatoms. The SMILES string of the molecule is O=C(O)C=CC(=O)Nc1ccc(Cl)c([N+](=O)[O-])c1. The highest BCUT2D eigenvalue weighted by atomic mass is 35.5. The van der Waals surface area contributed by atoms with Crippen LogP contribution in [-0.2, 0) is 9.59 Å². The van der Waals surface area contributed by atoms with Gasteiger partial charge in [-0.15, -0.1) is 0 Å². The number of carboxylic acid groups (broad SMARTS) is 1. The zero-order valence-corrected chi connectivity index (χ0v) is 9.55. The minimum Gasteiger partial charge on any atom is -0.478 e. The summed E-state index contributed by atoms with van der Waals surface area (Å²) in [6.07, 6.45) is 1.45. The Labute approximate surface area is 106 Å². The molecule has 18 heavy (non-hydrogen) atoms. The molecule has 94 valence electrons. The van der Waals surface area contributed by atoms with Gasteiger partial charge in [0.25, 0.3) is 5.69 Å². The number of nitro groups is 1. The van der Waals surface area contributed by atoms with Crippen molar-refractivity contribution in [3.05, 3.63) is 45.5 Å². The summed E-state index contributed by atoms with van der Waals surface area (Å²) in [5, 5.41) is 21.1. The van der Waals surface area contributed by atoms with Crippen LogP contribution in [0.3, 0.4) is 0 Å². The zero-order chi connectivity index (χ0) is 13.7. The molecule has 0 unspecified atom stereocenters. The molecule has 0 saturated carbocycles. The number of nitrogens with one attached hydrogen (secondary N) is 1. The molecule has 0 spiro atoms. The standard InChI is InChI=1S/C10H7ClN2O5/c11-7-2-1-6(5-8(7)13(17)18)12-9(14)3-4-10(15)16/h1-5H,(H,12,14)(H,15,16). The lowest BCUT2D eigenvalue weighted by Gasteiger charge is -2.02. The lowest BCUT2D eigenvalue weighted by Crippen LogP contribution is -2.08. The van der Waals surface area contributed by atoms with Crippen molar-refractivity contribution in [1.29, 1.82) is 0 Å². The largest absolute Gasteiger partial charge is 0.478 e. The molecule has 1 amide bonds. The van der Waals surface area contributed by atoms with E-state index in [9.17, 15) is 19.7 Å². The van der Waals surface area contributed by atoms with Gasteiger partial charge >= 0.3 is 5.97 Å². The van der Waals surface area contributed by atoms with Crippen LogP contribution in [0.1, 0.15) is 0 Å². The molecule has 0 atom stereocenters. The van der Waals surface area contributed by atoms with Crippen molar-refractivity contribution in [1.82, 2.24) is 0 Å². The van der Waals surface area contributed by atoms with E-state index in [1.165, 1.54) is 12.1 Å². The van der Waals surface area contributed by atoms with Gasteiger partial charge in [0.15, 0.2) is 0 Å². The molecule has 0 aliphatic heterocycles. The van der Waals surface area contributed by atoms with Gasteiger partial charge in [0, 0.05) is 23.9 Å². The average Bonchev–Trinajstić information content (AvgIpc) is 2.28. The molecule has 0 fully saturated rings. The molecule has 0 heterocycles. The number of benzene rings is 1. The van der Waals surface area contributed by atoms with Gasteiger partial charge in [0.2, 0.25) is 5.91 Å². The van der Waals surface area contributed by atoms with Crippen LogP contribution in [0.15, 0.2) is 30.4 Å². The fourth-order valence-corrected chi connectivity index (χ4v) is 1.25. The first kappa shape index (κ1) is 13.7. The Hall–Kier alpha value is -2.41. The summed E-state index contributed by atoms with van der Waals surface area (Å²) in [6.45, 7) is 0. The number of nitro benzene ring substituents is 1. The second kappa shape index (κ2) is 5.78. The summed E-state index contributed by atoms with van der Waals surface area (Å²) in [4.78, 5) is 31.3. The highest BCUT2D eigenvalue weighted by Gasteiger charge is 2.13. The van der Waals surface area contributed by atoms with Crippen LogP contribution in [0.4, 0.5) is 11.4 Å². The first-order valence-electron chi connectivity index (χ1n) is 4.56. The Morgan fingerprint density at radius 2 is 2.06 bits per heavy atom. The topological polar surface area (TPSA) is 110 Å². The Bertz CT molecular complexity index is 541. The molecule has 2 N–H and O–H groups in total. The van der Waals surface area contributed by atoms with Crippen LogP contribution in [0.25, 0.3) is 0 Å². The molecule has 1 rings (SSSR count). The quantitative estimate of drug-likeness (QED) is 0.493. The van der Waals surface area contributed by atoms with Crippen molar-refractivity contribution >= 4 is 34.9 Å². The summed E-state index contributed by atoms with van der Waals surface area (Å²) in [5.41, 5.74) is -0.206. The molecular weight excluding hydrogens is 264 g/mol. The first-order chi connectivity index (χ1) is 8.40. The van der Waals surface area contributed by atoms with Crippen LogP contribution in [0.2, 0.25) is 5.02 Å². The fraction of sp³-hybridized carbons (Fsp3) is 0.